The van der Waals surface area contributed by atoms with Gasteiger partial charge in [-0.2, -0.15) is 5.10 Å². The van der Waals surface area contributed by atoms with E-state index in [1.54, 1.807) is 25.5 Å². The van der Waals surface area contributed by atoms with Gasteiger partial charge in [-0.05, 0) is 6.92 Å². The summed E-state index contributed by atoms with van der Waals surface area (Å²) < 4.78 is 1.45. The zero-order chi connectivity index (χ0) is 10.8. The molecule has 0 bridgehead atoms. The molecule has 2 rings (SSSR count). The average Bonchev–Trinajstić information content (AvgIpc) is 2.55. The highest BCUT2D eigenvalue weighted by Gasteiger charge is 2.14. The molecule has 78 valence electrons. The summed E-state index contributed by atoms with van der Waals surface area (Å²) in [5.41, 5.74) is 1.30. The number of aliphatic hydroxyl groups excluding tert-OH is 1. The highest BCUT2D eigenvalue weighted by molar-refractivity contribution is 6.30. The molecule has 0 aliphatic carbocycles. The van der Waals surface area contributed by atoms with Gasteiger partial charge in [0, 0.05) is 18.0 Å². The Labute approximate surface area is 91.4 Å². The normalized spacial score (nSPS) is 10.6. The fraction of sp³-hybridized carbons (Fsp3) is 0.222. The van der Waals surface area contributed by atoms with E-state index in [-0.39, 0.29) is 6.61 Å². The summed E-state index contributed by atoms with van der Waals surface area (Å²) in [5.74, 6) is 0.533. The Balaban J connectivity index is 2.55. The number of hydrogen-bond donors (Lipinski definition) is 1. The lowest BCUT2D eigenvalue weighted by molar-refractivity contribution is 0.281. The van der Waals surface area contributed by atoms with Crippen molar-refractivity contribution in [2.75, 3.05) is 0 Å². The van der Waals surface area contributed by atoms with E-state index in [4.69, 9.17) is 16.7 Å². The van der Waals surface area contributed by atoms with Gasteiger partial charge in [0.05, 0.1) is 18.5 Å². The molecule has 0 amide bonds. The first kappa shape index (κ1) is 10.1. The molecule has 0 spiro atoms. The molecule has 0 saturated heterocycles. The van der Waals surface area contributed by atoms with E-state index in [1.165, 1.54) is 4.68 Å². The molecule has 0 fully saturated rings. The van der Waals surface area contributed by atoms with Crippen LogP contribution in [0, 0.1) is 6.92 Å². The van der Waals surface area contributed by atoms with Crippen LogP contribution in [0.2, 0.25) is 5.15 Å². The number of nitrogens with zero attached hydrogens (tertiary/aromatic N) is 4. The van der Waals surface area contributed by atoms with Crippen molar-refractivity contribution in [3.8, 4) is 5.82 Å². The quantitative estimate of drug-likeness (QED) is 0.830. The van der Waals surface area contributed by atoms with Crippen molar-refractivity contribution in [3.63, 3.8) is 0 Å². The Kier molecular flexibility index (Phi) is 2.66. The lowest BCUT2D eigenvalue weighted by Crippen LogP contribution is -2.00. The molecule has 15 heavy (non-hydrogen) atoms. The first-order valence-corrected chi connectivity index (χ1v) is 4.73. The summed E-state index contributed by atoms with van der Waals surface area (Å²) in [7, 11) is 0. The van der Waals surface area contributed by atoms with Crippen molar-refractivity contribution in [2.45, 2.75) is 13.5 Å². The third-order valence-corrected chi connectivity index (χ3v) is 2.43. The lowest BCUT2D eigenvalue weighted by Gasteiger charge is -2.00. The van der Waals surface area contributed by atoms with Gasteiger partial charge in [-0.15, -0.1) is 0 Å². The van der Waals surface area contributed by atoms with Crippen LogP contribution in [0.3, 0.4) is 0 Å². The van der Waals surface area contributed by atoms with Gasteiger partial charge in [0.2, 0.25) is 0 Å². The van der Waals surface area contributed by atoms with Crippen LogP contribution in [0.25, 0.3) is 5.82 Å². The zero-order valence-corrected chi connectivity index (χ0v) is 8.81. The third kappa shape index (κ3) is 1.71. The van der Waals surface area contributed by atoms with Gasteiger partial charge < -0.3 is 5.11 Å². The van der Waals surface area contributed by atoms with Crippen molar-refractivity contribution >= 4 is 11.6 Å². The average molecular weight is 225 g/mol. The summed E-state index contributed by atoms with van der Waals surface area (Å²) in [6, 6.07) is 0. The SMILES string of the molecule is Cc1nn(-c2cnccn2)c(Cl)c1CO. The molecular formula is C9H9ClN4O. The molecule has 6 heteroatoms. The maximum atomic E-state index is 9.09. The molecule has 0 aromatic carbocycles. The van der Waals surface area contributed by atoms with Crippen molar-refractivity contribution in [1.29, 1.82) is 0 Å². The smallest absolute Gasteiger partial charge is 0.173 e. The van der Waals surface area contributed by atoms with Gasteiger partial charge in [-0.25, -0.2) is 9.67 Å². The van der Waals surface area contributed by atoms with Crippen LogP contribution in [0.4, 0.5) is 0 Å². The first-order chi connectivity index (χ1) is 7.24. The van der Waals surface area contributed by atoms with Crippen molar-refractivity contribution in [1.82, 2.24) is 19.7 Å². The second kappa shape index (κ2) is 3.96. The van der Waals surface area contributed by atoms with Gasteiger partial charge >= 0.3 is 0 Å². The predicted molar refractivity (Wildman–Crippen MR) is 54.8 cm³/mol. The minimum absolute atomic E-state index is 0.134. The first-order valence-electron chi connectivity index (χ1n) is 4.35. The number of aromatic nitrogens is 4. The molecule has 0 radical (unpaired) electrons. The van der Waals surface area contributed by atoms with Crippen LogP contribution in [0.1, 0.15) is 11.3 Å². The number of halogens is 1. The second-order valence-corrected chi connectivity index (χ2v) is 3.35. The second-order valence-electron chi connectivity index (χ2n) is 2.99. The molecule has 5 nitrogen and oxygen atoms in total. The molecule has 2 heterocycles. The van der Waals surface area contributed by atoms with Crippen molar-refractivity contribution in [3.05, 3.63) is 35.0 Å². The highest BCUT2D eigenvalue weighted by atomic mass is 35.5. The molecule has 0 atom stereocenters. The summed E-state index contributed by atoms with van der Waals surface area (Å²) in [6.07, 6.45) is 4.68. The third-order valence-electron chi connectivity index (χ3n) is 2.05. The van der Waals surface area contributed by atoms with Crippen LogP contribution in [0.5, 0.6) is 0 Å². The Hall–Kier alpha value is -1.46. The van der Waals surface area contributed by atoms with Crippen LogP contribution in [-0.2, 0) is 6.61 Å². The van der Waals surface area contributed by atoms with Gasteiger partial charge in [0.15, 0.2) is 5.82 Å². The minimum Gasteiger partial charge on any atom is -0.391 e. The minimum atomic E-state index is -0.134. The van der Waals surface area contributed by atoms with Crippen LogP contribution < -0.4 is 0 Å². The maximum absolute atomic E-state index is 9.09. The highest BCUT2D eigenvalue weighted by Crippen LogP contribution is 2.21. The molecule has 0 unspecified atom stereocenters. The number of rotatable bonds is 2. The molecule has 2 aromatic heterocycles. The number of hydrogen-bond acceptors (Lipinski definition) is 4. The fourth-order valence-corrected chi connectivity index (χ4v) is 1.58. The molecular weight excluding hydrogens is 216 g/mol. The van der Waals surface area contributed by atoms with Crippen LogP contribution >= 0.6 is 11.6 Å². The summed E-state index contributed by atoms with van der Waals surface area (Å²) >= 11 is 6.04. The largest absolute Gasteiger partial charge is 0.391 e. The van der Waals surface area contributed by atoms with Crippen molar-refractivity contribution < 1.29 is 5.11 Å². The van der Waals surface area contributed by atoms with E-state index >= 15 is 0 Å². The topological polar surface area (TPSA) is 63.8 Å². The number of aryl methyl sites for hydroxylation is 1. The van der Waals surface area contributed by atoms with Crippen LogP contribution in [-0.4, -0.2) is 24.9 Å². The maximum Gasteiger partial charge on any atom is 0.173 e. The van der Waals surface area contributed by atoms with E-state index in [9.17, 15) is 0 Å². The van der Waals surface area contributed by atoms with Crippen LogP contribution in [0.15, 0.2) is 18.6 Å². The summed E-state index contributed by atoms with van der Waals surface area (Å²) in [6.45, 7) is 1.65. The van der Waals surface area contributed by atoms with E-state index in [2.05, 4.69) is 15.1 Å². The van der Waals surface area contributed by atoms with Gasteiger partial charge in [-0.1, -0.05) is 11.6 Å². The summed E-state index contributed by atoms with van der Waals surface area (Å²) in [4.78, 5) is 7.99. The summed E-state index contributed by atoms with van der Waals surface area (Å²) in [5, 5.41) is 13.6. The van der Waals surface area contributed by atoms with Gasteiger partial charge in [-0.3, -0.25) is 4.98 Å². The zero-order valence-electron chi connectivity index (χ0n) is 8.05. The Morgan fingerprint density at radius 2 is 2.27 bits per heavy atom. The standard InChI is InChI=1S/C9H9ClN4O/c1-6-7(5-15)9(10)14(13-6)8-4-11-2-3-12-8/h2-4,15H,5H2,1H3. The van der Waals surface area contributed by atoms with Crippen molar-refractivity contribution in [2.24, 2.45) is 0 Å². The molecule has 1 N–H and O–H groups in total. The van der Waals surface area contributed by atoms with E-state index in [0.29, 0.717) is 22.2 Å². The Bertz CT molecular complexity index is 468. The van der Waals surface area contributed by atoms with E-state index < -0.39 is 0 Å². The predicted octanol–water partition coefficient (Wildman–Crippen LogP) is 1.12. The van der Waals surface area contributed by atoms with E-state index in [0.717, 1.165) is 0 Å². The molecule has 0 aliphatic heterocycles. The molecule has 0 saturated carbocycles. The Morgan fingerprint density at radius 1 is 1.47 bits per heavy atom. The van der Waals surface area contributed by atoms with Gasteiger partial charge in [0.1, 0.15) is 5.15 Å². The molecule has 0 aliphatic rings. The number of aliphatic hydroxyl groups is 1. The fourth-order valence-electron chi connectivity index (χ4n) is 1.26. The van der Waals surface area contributed by atoms with Gasteiger partial charge in [0.25, 0.3) is 0 Å². The Morgan fingerprint density at radius 3 is 2.80 bits per heavy atom. The van der Waals surface area contributed by atoms with E-state index in [1.807, 2.05) is 0 Å². The lowest BCUT2D eigenvalue weighted by atomic mass is 10.3. The molecule has 2 aromatic rings. The monoisotopic (exact) mass is 224 g/mol.